The van der Waals surface area contributed by atoms with E-state index in [9.17, 15) is 14.7 Å². The highest BCUT2D eigenvalue weighted by atomic mass is 32.2. The van der Waals surface area contributed by atoms with Crippen LogP contribution in [0.1, 0.15) is 18.4 Å². The lowest BCUT2D eigenvalue weighted by Crippen LogP contribution is -2.20. The van der Waals surface area contributed by atoms with Crippen molar-refractivity contribution in [2.75, 3.05) is 12.9 Å². The summed E-state index contributed by atoms with van der Waals surface area (Å²) in [6.45, 7) is 0. The first-order chi connectivity index (χ1) is 9.13. The topological polar surface area (TPSA) is 63.6 Å². The molecule has 0 amide bonds. The molecule has 0 aromatic heterocycles. The van der Waals surface area contributed by atoms with Crippen LogP contribution in [-0.2, 0) is 20.7 Å². The van der Waals surface area contributed by atoms with Gasteiger partial charge < -0.3 is 9.84 Å². The monoisotopic (exact) mass is 282 g/mol. The van der Waals surface area contributed by atoms with Crippen molar-refractivity contribution in [2.24, 2.45) is 0 Å². The van der Waals surface area contributed by atoms with E-state index in [1.807, 2.05) is 30.3 Å². The molecule has 5 heteroatoms. The van der Waals surface area contributed by atoms with Crippen molar-refractivity contribution in [2.45, 2.75) is 24.5 Å². The Morgan fingerprint density at radius 2 is 2.00 bits per heavy atom. The number of methoxy groups -OCH3 is 1. The number of carbonyl (C=O) groups is 2. The van der Waals surface area contributed by atoms with Crippen LogP contribution in [0.15, 0.2) is 30.3 Å². The molecule has 4 nitrogen and oxygen atoms in total. The molecule has 0 saturated carbocycles. The van der Waals surface area contributed by atoms with E-state index in [4.69, 9.17) is 0 Å². The molecule has 0 saturated heterocycles. The van der Waals surface area contributed by atoms with E-state index < -0.39 is 11.2 Å². The van der Waals surface area contributed by atoms with Crippen LogP contribution >= 0.6 is 11.8 Å². The van der Waals surface area contributed by atoms with E-state index in [0.717, 1.165) is 5.56 Å². The molecule has 0 aliphatic heterocycles. The van der Waals surface area contributed by atoms with Crippen LogP contribution in [0.3, 0.4) is 0 Å². The molecule has 19 heavy (non-hydrogen) atoms. The molecule has 104 valence electrons. The highest BCUT2D eigenvalue weighted by molar-refractivity contribution is 8.00. The first-order valence-corrected chi connectivity index (χ1v) is 7.13. The summed E-state index contributed by atoms with van der Waals surface area (Å²) in [5.41, 5.74) is 1.01. The van der Waals surface area contributed by atoms with Gasteiger partial charge in [0.1, 0.15) is 5.25 Å². The second kappa shape index (κ2) is 8.58. The molecule has 1 aromatic carbocycles. The van der Waals surface area contributed by atoms with Gasteiger partial charge in [-0.2, -0.15) is 0 Å². The van der Waals surface area contributed by atoms with Gasteiger partial charge in [0.05, 0.1) is 7.11 Å². The van der Waals surface area contributed by atoms with Crippen molar-refractivity contribution in [3.8, 4) is 0 Å². The van der Waals surface area contributed by atoms with Gasteiger partial charge >= 0.3 is 11.9 Å². The number of carboxylic acid groups (broad SMARTS) is 1. The number of ether oxygens (including phenoxy) is 1. The fourth-order valence-electron chi connectivity index (χ4n) is 1.59. The lowest BCUT2D eigenvalue weighted by atomic mass is 10.1. The quantitative estimate of drug-likeness (QED) is 0.586. The van der Waals surface area contributed by atoms with Crippen molar-refractivity contribution < 1.29 is 19.4 Å². The number of carboxylic acids is 1. The average Bonchev–Trinajstić information content (AvgIpc) is 2.42. The highest BCUT2D eigenvalue weighted by Crippen LogP contribution is 2.18. The molecule has 0 aliphatic rings. The van der Waals surface area contributed by atoms with Crippen molar-refractivity contribution in [3.05, 3.63) is 35.9 Å². The summed E-state index contributed by atoms with van der Waals surface area (Å²) in [6.07, 6.45) is 1.47. The van der Waals surface area contributed by atoms with Gasteiger partial charge in [-0.3, -0.25) is 9.59 Å². The van der Waals surface area contributed by atoms with Crippen molar-refractivity contribution in [1.82, 2.24) is 0 Å². The molecule has 1 rings (SSSR count). The summed E-state index contributed by atoms with van der Waals surface area (Å²) in [5.74, 6) is -0.429. The standard InChI is InChI=1S/C14H18O4S/c1-18-13(15)8-5-9-19-12(14(16)17)10-11-6-3-2-4-7-11/h2-4,6-7,12H,5,8-10H2,1H3,(H,16,17). The Bertz CT molecular complexity index is 405. The number of esters is 1. The molecule has 0 spiro atoms. The summed E-state index contributed by atoms with van der Waals surface area (Å²) in [5, 5.41) is 8.70. The molecule has 0 radical (unpaired) electrons. The third kappa shape index (κ3) is 6.29. The molecule has 0 aliphatic carbocycles. The Kier molecular flexibility index (Phi) is 7.03. The first-order valence-electron chi connectivity index (χ1n) is 6.08. The Morgan fingerprint density at radius 3 is 2.58 bits per heavy atom. The maximum Gasteiger partial charge on any atom is 0.316 e. The number of carbonyl (C=O) groups excluding carboxylic acids is 1. The maximum atomic E-state index is 11.2. The Labute approximate surface area is 117 Å². The van der Waals surface area contributed by atoms with Crippen LogP contribution in [0.25, 0.3) is 0 Å². The fourth-order valence-corrected chi connectivity index (χ4v) is 2.64. The number of thioether (sulfide) groups is 1. The first kappa shape index (κ1) is 15.6. The minimum Gasteiger partial charge on any atom is -0.480 e. The minimum absolute atomic E-state index is 0.254. The van der Waals surface area contributed by atoms with Gasteiger partial charge in [-0.15, -0.1) is 11.8 Å². The normalized spacial score (nSPS) is 11.8. The summed E-state index contributed by atoms with van der Waals surface area (Å²) in [7, 11) is 1.35. The second-order valence-electron chi connectivity index (χ2n) is 4.07. The van der Waals surface area contributed by atoms with Gasteiger partial charge in [0.15, 0.2) is 0 Å². The van der Waals surface area contributed by atoms with Crippen molar-refractivity contribution in [3.63, 3.8) is 0 Å². The van der Waals surface area contributed by atoms with Crippen LogP contribution in [0, 0.1) is 0 Å². The third-order valence-electron chi connectivity index (χ3n) is 2.61. The van der Waals surface area contributed by atoms with E-state index in [0.29, 0.717) is 25.0 Å². The van der Waals surface area contributed by atoms with Gasteiger partial charge in [0.25, 0.3) is 0 Å². The zero-order valence-electron chi connectivity index (χ0n) is 10.9. The summed E-state index contributed by atoms with van der Waals surface area (Å²) in [6, 6.07) is 9.55. The fraction of sp³-hybridized carbons (Fsp3) is 0.429. The van der Waals surface area contributed by atoms with E-state index >= 15 is 0 Å². The lowest BCUT2D eigenvalue weighted by Gasteiger charge is -2.11. The SMILES string of the molecule is COC(=O)CCCSC(Cc1ccccc1)C(=O)O. The van der Waals surface area contributed by atoms with Gasteiger partial charge in [-0.1, -0.05) is 30.3 Å². The van der Waals surface area contributed by atoms with Crippen LogP contribution in [0.5, 0.6) is 0 Å². The van der Waals surface area contributed by atoms with Crippen molar-refractivity contribution >= 4 is 23.7 Å². The highest BCUT2D eigenvalue weighted by Gasteiger charge is 2.18. The lowest BCUT2D eigenvalue weighted by molar-refractivity contribution is -0.140. The van der Waals surface area contributed by atoms with Gasteiger partial charge in [-0.25, -0.2) is 0 Å². The number of hydrogen-bond acceptors (Lipinski definition) is 4. The van der Waals surface area contributed by atoms with E-state index in [-0.39, 0.29) is 5.97 Å². The maximum absolute atomic E-state index is 11.2. The molecular formula is C14H18O4S. The third-order valence-corrected chi connectivity index (χ3v) is 3.91. The van der Waals surface area contributed by atoms with Crippen LogP contribution in [0.2, 0.25) is 0 Å². The van der Waals surface area contributed by atoms with Gasteiger partial charge in [0.2, 0.25) is 0 Å². The second-order valence-corrected chi connectivity index (χ2v) is 5.38. The predicted molar refractivity (Wildman–Crippen MR) is 75.3 cm³/mol. The molecule has 1 aromatic rings. The zero-order chi connectivity index (χ0) is 14.1. The summed E-state index contributed by atoms with van der Waals surface area (Å²) >= 11 is 1.37. The van der Waals surface area contributed by atoms with Crippen LogP contribution < -0.4 is 0 Å². The Morgan fingerprint density at radius 1 is 1.32 bits per heavy atom. The summed E-state index contributed by atoms with van der Waals surface area (Å²) in [4.78, 5) is 22.1. The average molecular weight is 282 g/mol. The van der Waals surface area contributed by atoms with Gasteiger partial charge in [-0.05, 0) is 24.2 Å². The Hall–Kier alpha value is -1.49. The number of benzene rings is 1. The number of aliphatic carboxylic acids is 1. The van der Waals surface area contributed by atoms with E-state index in [1.165, 1.54) is 18.9 Å². The molecule has 0 heterocycles. The molecular weight excluding hydrogens is 264 g/mol. The van der Waals surface area contributed by atoms with Crippen LogP contribution in [0.4, 0.5) is 0 Å². The van der Waals surface area contributed by atoms with E-state index in [1.54, 1.807) is 0 Å². The smallest absolute Gasteiger partial charge is 0.316 e. The van der Waals surface area contributed by atoms with Crippen LogP contribution in [-0.4, -0.2) is 35.2 Å². The van der Waals surface area contributed by atoms with Crippen molar-refractivity contribution in [1.29, 1.82) is 0 Å². The molecule has 0 bridgehead atoms. The zero-order valence-corrected chi connectivity index (χ0v) is 11.7. The largest absolute Gasteiger partial charge is 0.480 e. The molecule has 1 N–H and O–H groups in total. The van der Waals surface area contributed by atoms with E-state index in [2.05, 4.69) is 4.74 Å². The van der Waals surface area contributed by atoms with Gasteiger partial charge in [0, 0.05) is 6.42 Å². The molecule has 0 fully saturated rings. The molecule has 1 unspecified atom stereocenters. The number of hydrogen-bond donors (Lipinski definition) is 1. The minimum atomic E-state index is -0.813. The summed E-state index contributed by atoms with van der Waals surface area (Å²) < 4.78 is 4.54. The predicted octanol–water partition coefficient (Wildman–Crippen LogP) is 2.37. The Balaban J connectivity index is 2.37. The molecule has 1 atom stereocenters. The number of rotatable bonds is 8.